The molecule has 0 heterocycles. The van der Waals surface area contributed by atoms with Gasteiger partial charge in [-0.3, -0.25) is 0 Å². The molecular formula is C15H15FO2. The SMILES string of the molecule is Cc1cc(CO)cc(OCc2ccccc2)c1F. The Labute approximate surface area is 106 Å². The normalized spacial score (nSPS) is 10.4. The van der Waals surface area contributed by atoms with E-state index in [0.717, 1.165) is 5.56 Å². The average Bonchev–Trinajstić information content (AvgIpc) is 2.41. The average molecular weight is 246 g/mol. The molecule has 1 N–H and O–H groups in total. The van der Waals surface area contributed by atoms with Crippen LogP contribution in [0.3, 0.4) is 0 Å². The van der Waals surface area contributed by atoms with Gasteiger partial charge in [0, 0.05) is 0 Å². The van der Waals surface area contributed by atoms with Gasteiger partial charge in [0.05, 0.1) is 6.61 Å². The second-order valence-corrected chi connectivity index (χ2v) is 4.16. The number of hydrogen-bond donors (Lipinski definition) is 1. The van der Waals surface area contributed by atoms with Crippen LogP contribution in [0.2, 0.25) is 0 Å². The third-order valence-corrected chi connectivity index (χ3v) is 2.70. The van der Waals surface area contributed by atoms with Crippen molar-refractivity contribution in [2.24, 2.45) is 0 Å². The van der Waals surface area contributed by atoms with E-state index in [4.69, 9.17) is 9.84 Å². The lowest BCUT2D eigenvalue weighted by atomic mass is 10.1. The molecule has 0 aromatic heterocycles. The lowest BCUT2D eigenvalue weighted by Crippen LogP contribution is -2.00. The van der Waals surface area contributed by atoms with Crippen molar-refractivity contribution in [1.29, 1.82) is 0 Å². The summed E-state index contributed by atoms with van der Waals surface area (Å²) in [6.07, 6.45) is 0. The van der Waals surface area contributed by atoms with Crippen LogP contribution in [0.1, 0.15) is 16.7 Å². The lowest BCUT2D eigenvalue weighted by molar-refractivity contribution is 0.273. The van der Waals surface area contributed by atoms with Crippen LogP contribution in [-0.4, -0.2) is 5.11 Å². The lowest BCUT2D eigenvalue weighted by Gasteiger charge is -2.10. The second kappa shape index (κ2) is 5.65. The molecule has 2 rings (SSSR count). The maximum Gasteiger partial charge on any atom is 0.168 e. The molecule has 2 nitrogen and oxygen atoms in total. The molecule has 18 heavy (non-hydrogen) atoms. The first-order valence-corrected chi connectivity index (χ1v) is 5.77. The highest BCUT2D eigenvalue weighted by Crippen LogP contribution is 2.23. The fraction of sp³-hybridized carbons (Fsp3) is 0.200. The molecule has 0 unspecified atom stereocenters. The maximum atomic E-state index is 13.8. The fourth-order valence-corrected chi connectivity index (χ4v) is 1.74. The summed E-state index contributed by atoms with van der Waals surface area (Å²) in [5.41, 5.74) is 2.10. The Morgan fingerprint density at radius 1 is 1.11 bits per heavy atom. The standard InChI is InChI=1S/C15H15FO2/c1-11-7-13(9-17)8-14(15(11)16)18-10-12-5-3-2-4-6-12/h2-8,17H,9-10H2,1H3. The number of rotatable bonds is 4. The predicted molar refractivity (Wildman–Crippen MR) is 67.8 cm³/mol. The molecule has 0 aliphatic rings. The van der Waals surface area contributed by atoms with Crippen LogP contribution >= 0.6 is 0 Å². The molecule has 0 saturated heterocycles. The first-order chi connectivity index (χ1) is 8.70. The number of aryl methyl sites for hydroxylation is 1. The molecule has 0 saturated carbocycles. The van der Waals surface area contributed by atoms with E-state index in [0.29, 0.717) is 17.7 Å². The van der Waals surface area contributed by atoms with E-state index in [1.165, 1.54) is 6.07 Å². The van der Waals surface area contributed by atoms with E-state index in [1.807, 2.05) is 30.3 Å². The van der Waals surface area contributed by atoms with Crippen molar-refractivity contribution in [2.75, 3.05) is 0 Å². The Balaban J connectivity index is 2.16. The quantitative estimate of drug-likeness (QED) is 0.897. The van der Waals surface area contributed by atoms with Crippen molar-refractivity contribution in [2.45, 2.75) is 20.1 Å². The van der Waals surface area contributed by atoms with Crippen LogP contribution in [0.4, 0.5) is 4.39 Å². The summed E-state index contributed by atoms with van der Waals surface area (Å²) >= 11 is 0. The summed E-state index contributed by atoms with van der Waals surface area (Å²) in [7, 11) is 0. The molecule has 94 valence electrons. The van der Waals surface area contributed by atoms with E-state index >= 15 is 0 Å². The zero-order valence-electron chi connectivity index (χ0n) is 10.2. The Bertz CT molecular complexity index is 524. The van der Waals surface area contributed by atoms with Crippen molar-refractivity contribution in [3.05, 3.63) is 65.0 Å². The first kappa shape index (κ1) is 12.6. The zero-order valence-corrected chi connectivity index (χ0v) is 10.2. The highest BCUT2D eigenvalue weighted by atomic mass is 19.1. The summed E-state index contributed by atoms with van der Waals surface area (Å²) < 4.78 is 19.3. The minimum atomic E-state index is -0.372. The van der Waals surface area contributed by atoms with Gasteiger partial charge in [-0.2, -0.15) is 0 Å². The zero-order chi connectivity index (χ0) is 13.0. The summed E-state index contributed by atoms with van der Waals surface area (Å²) in [5, 5.41) is 9.08. The van der Waals surface area contributed by atoms with E-state index in [-0.39, 0.29) is 18.2 Å². The van der Waals surface area contributed by atoms with Crippen molar-refractivity contribution < 1.29 is 14.2 Å². The summed E-state index contributed by atoms with van der Waals surface area (Å²) in [6.45, 7) is 1.85. The summed E-state index contributed by atoms with van der Waals surface area (Å²) in [6, 6.07) is 12.7. The van der Waals surface area contributed by atoms with Crippen LogP contribution in [-0.2, 0) is 13.2 Å². The van der Waals surface area contributed by atoms with Crippen LogP contribution in [0, 0.1) is 12.7 Å². The minimum absolute atomic E-state index is 0.122. The van der Waals surface area contributed by atoms with E-state index < -0.39 is 0 Å². The molecule has 0 bridgehead atoms. The molecule has 0 aliphatic carbocycles. The number of aliphatic hydroxyl groups excluding tert-OH is 1. The van der Waals surface area contributed by atoms with Gasteiger partial charge in [0.25, 0.3) is 0 Å². The number of halogens is 1. The molecular weight excluding hydrogens is 231 g/mol. The Kier molecular flexibility index (Phi) is 3.95. The maximum absolute atomic E-state index is 13.8. The van der Waals surface area contributed by atoms with E-state index in [1.54, 1.807) is 13.0 Å². The van der Waals surface area contributed by atoms with Crippen LogP contribution in [0.15, 0.2) is 42.5 Å². The smallest absolute Gasteiger partial charge is 0.168 e. The Hall–Kier alpha value is -1.87. The van der Waals surface area contributed by atoms with Crippen LogP contribution in [0.25, 0.3) is 0 Å². The number of hydrogen-bond acceptors (Lipinski definition) is 2. The molecule has 2 aromatic rings. The van der Waals surface area contributed by atoms with Gasteiger partial charge in [-0.25, -0.2) is 4.39 Å². The van der Waals surface area contributed by atoms with Gasteiger partial charge in [0.2, 0.25) is 0 Å². The molecule has 0 spiro atoms. The monoisotopic (exact) mass is 246 g/mol. The molecule has 2 aromatic carbocycles. The molecule has 0 atom stereocenters. The van der Waals surface area contributed by atoms with Gasteiger partial charge in [0.1, 0.15) is 6.61 Å². The van der Waals surface area contributed by atoms with Gasteiger partial charge < -0.3 is 9.84 Å². The second-order valence-electron chi connectivity index (χ2n) is 4.16. The third-order valence-electron chi connectivity index (χ3n) is 2.70. The molecule has 0 amide bonds. The van der Waals surface area contributed by atoms with Crippen LogP contribution < -0.4 is 4.74 Å². The Morgan fingerprint density at radius 3 is 2.50 bits per heavy atom. The van der Waals surface area contributed by atoms with E-state index in [9.17, 15) is 4.39 Å². The van der Waals surface area contributed by atoms with Crippen LogP contribution in [0.5, 0.6) is 5.75 Å². The number of benzene rings is 2. The third kappa shape index (κ3) is 2.87. The van der Waals surface area contributed by atoms with Gasteiger partial charge >= 0.3 is 0 Å². The highest BCUT2D eigenvalue weighted by Gasteiger charge is 2.09. The van der Waals surface area contributed by atoms with Crippen molar-refractivity contribution >= 4 is 0 Å². The van der Waals surface area contributed by atoms with Gasteiger partial charge in [-0.15, -0.1) is 0 Å². The minimum Gasteiger partial charge on any atom is -0.486 e. The largest absolute Gasteiger partial charge is 0.486 e. The fourth-order valence-electron chi connectivity index (χ4n) is 1.74. The van der Waals surface area contributed by atoms with Crippen molar-refractivity contribution in [3.63, 3.8) is 0 Å². The molecule has 0 aliphatic heterocycles. The molecule has 0 fully saturated rings. The summed E-state index contributed by atoms with van der Waals surface area (Å²) in [4.78, 5) is 0. The topological polar surface area (TPSA) is 29.5 Å². The first-order valence-electron chi connectivity index (χ1n) is 5.77. The predicted octanol–water partition coefficient (Wildman–Crippen LogP) is 3.21. The number of ether oxygens (including phenoxy) is 1. The highest BCUT2D eigenvalue weighted by molar-refractivity contribution is 5.35. The van der Waals surface area contributed by atoms with Gasteiger partial charge in [-0.05, 0) is 29.7 Å². The summed E-state index contributed by atoms with van der Waals surface area (Å²) in [5.74, 6) is -0.189. The molecule has 3 heteroatoms. The molecule has 0 radical (unpaired) electrons. The van der Waals surface area contributed by atoms with Gasteiger partial charge in [-0.1, -0.05) is 36.4 Å². The van der Waals surface area contributed by atoms with Crippen molar-refractivity contribution in [1.82, 2.24) is 0 Å². The van der Waals surface area contributed by atoms with Gasteiger partial charge in [0.15, 0.2) is 11.6 Å². The van der Waals surface area contributed by atoms with E-state index in [2.05, 4.69) is 0 Å². The number of aliphatic hydroxyl groups is 1. The Morgan fingerprint density at radius 2 is 1.83 bits per heavy atom. The van der Waals surface area contributed by atoms with Crippen molar-refractivity contribution in [3.8, 4) is 5.75 Å².